The fraction of sp³-hybridized carbons (Fsp3) is 0.583. The van der Waals surface area contributed by atoms with E-state index in [9.17, 15) is 5.11 Å². The molecule has 84 valence electrons. The second-order valence-electron chi connectivity index (χ2n) is 3.64. The predicted molar refractivity (Wildman–Crippen MR) is 59.6 cm³/mol. The Kier molecular flexibility index (Phi) is 4.72. The highest BCUT2D eigenvalue weighted by atomic mass is 16.5. The number of nitrogens with zero attached hydrogens (tertiary/aromatic N) is 1. The van der Waals surface area contributed by atoms with Gasteiger partial charge in [0.05, 0.1) is 6.10 Å². The van der Waals surface area contributed by atoms with Crippen LogP contribution in [-0.2, 0) is 4.74 Å². The van der Waals surface area contributed by atoms with Crippen LogP contribution in [-0.4, -0.2) is 22.8 Å². The molecule has 1 rings (SSSR count). The number of rotatable bonds is 5. The lowest BCUT2D eigenvalue weighted by Crippen LogP contribution is -2.21. The van der Waals surface area contributed by atoms with Crippen LogP contribution < -0.4 is 0 Å². The molecule has 1 aromatic heterocycles. The Morgan fingerprint density at radius 2 is 2.13 bits per heavy atom. The van der Waals surface area contributed by atoms with E-state index in [2.05, 4.69) is 4.98 Å². The van der Waals surface area contributed by atoms with E-state index in [1.165, 1.54) is 0 Å². The molecule has 0 bridgehead atoms. The van der Waals surface area contributed by atoms with Crippen molar-refractivity contribution in [1.82, 2.24) is 4.98 Å². The smallest absolute Gasteiger partial charge is 0.107 e. The molecule has 3 heteroatoms. The summed E-state index contributed by atoms with van der Waals surface area (Å²) < 4.78 is 5.47. The van der Waals surface area contributed by atoms with Gasteiger partial charge in [0.25, 0.3) is 0 Å². The van der Waals surface area contributed by atoms with Crippen LogP contribution in [0.25, 0.3) is 0 Å². The fourth-order valence-electron chi connectivity index (χ4n) is 1.60. The van der Waals surface area contributed by atoms with Gasteiger partial charge in [-0.05, 0) is 25.8 Å². The summed E-state index contributed by atoms with van der Waals surface area (Å²) in [5, 5.41) is 10.1. The third-order valence-corrected chi connectivity index (χ3v) is 2.37. The van der Waals surface area contributed by atoms with Gasteiger partial charge < -0.3 is 9.84 Å². The van der Waals surface area contributed by atoms with Gasteiger partial charge >= 0.3 is 0 Å². The van der Waals surface area contributed by atoms with E-state index in [1.54, 1.807) is 12.4 Å². The predicted octanol–water partition coefficient (Wildman–Crippen LogP) is 2.24. The molecule has 0 aromatic carbocycles. The van der Waals surface area contributed by atoms with Gasteiger partial charge in [-0.1, -0.05) is 13.0 Å². The van der Waals surface area contributed by atoms with Gasteiger partial charge in [-0.2, -0.15) is 0 Å². The van der Waals surface area contributed by atoms with Gasteiger partial charge in [0, 0.05) is 24.6 Å². The van der Waals surface area contributed by atoms with Gasteiger partial charge in [-0.15, -0.1) is 0 Å². The largest absolute Gasteiger partial charge is 0.386 e. The second kappa shape index (κ2) is 5.83. The maximum atomic E-state index is 10.1. The monoisotopic (exact) mass is 209 g/mol. The molecule has 0 saturated carbocycles. The van der Waals surface area contributed by atoms with Crippen molar-refractivity contribution in [2.75, 3.05) is 6.61 Å². The zero-order valence-corrected chi connectivity index (χ0v) is 9.60. The maximum absolute atomic E-state index is 10.1. The Bertz CT molecular complexity index is 301. The van der Waals surface area contributed by atoms with E-state index >= 15 is 0 Å². The molecule has 1 aromatic rings. The van der Waals surface area contributed by atoms with Gasteiger partial charge in [0.2, 0.25) is 0 Å². The van der Waals surface area contributed by atoms with Crippen molar-refractivity contribution < 1.29 is 9.84 Å². The van der Waals surface area contributed by atoms with E-state index in [-0.39, 0.29) is 6.10 Å². The molecule has 0 aliphatic carbocycles. The van der Waals surface area contributed by atoms with Gasteiger partial charge in [0.15, 0.2) is 0 Å². The Hall–Kier alpha value is -0.930. The number of aliphatic hydroxyl groups is 1. The van der Waals surface area contributed by atoms with Gasteiger partial charge in [-0.25, -0.2) is 0 Å². The third kappa shape index (κ3) is 3.29. The lowest BCUT2D eigenvalue weighted by Gasteiger charge is -2.21. The molecule has 15 heavy (non-hydrogen) atoms. The van der Waals surface area contributed by atoms with Crippen LogP contribution in [0.3, 0.4) is 0 Å². The summed E-state index contributed by atoms with van der Waals surface area (Å²) in [6, 6.07) is 1.94. The highest BCUT2D eigenvalue weighted by Gasteiger charge is 2.19. The van der Waals surface area contributed by atoms with Crippen LogP contribution in [0.1, 0.15) is 37.5 Å². The molecule has 0 spiro atoms. The van der Waals surface area contributed by atoms with Crippen LogP contribution in [0.5, 0.6) is 0 Å². The summed E-state index contributed by atoms with van der Waals surface area (Å²) in [5.74, 6) is 0. The Balaban J connectivity index is 2.77. The molecule has 3 nitrogen and oxygen atoms in total. The minimum Gasteiger partial charge on any atom is -0.386 e. The molecule has 2 unspecified atom stereocenters. The summed E-state index contributed by atoms with van der Waals surface area (Å²) in [6.07, 6.45) is 3.54. The third-order valence-electron chi connectivity index (χ3n) is 2.37. The van der Waals surface area contributed by atoms with Gasteiger partial charge in [0.1, 0.15) is 6.10 Å². The van der Waals surface area contributed by atoms with E-state index in [4.69, 9.17) is 4.74 Å². The molecule has 1 heterocycles. The molecule has 0 aliphatic heterocycles. The number of aryl methyl sites for hydroxylation is 1. The Labute approximate surface area is 91.1 Å². The second-order valence-corrected chi connectivity index (χ2v) is 3.64. The highest BCUT2D eigenvalue weighted by Crippen LogP contribution is 2.21. The first kappa shape index (κ1) is 12.1. The van der Waals surface area contributed by atoms with Crippen LogP contribution in [0.2, 0.25) is 0 Å². The normalized spacial score (nSPS) is 14.9. The SMILES string of the molecule is CCOC(CC)C(O)c1cncc(C)c1. The minimum atomic E-state index is -0.581. The number of ether oxygens (including phenoxy) is 1. The quantitative estimate of drug-likeness (QED) is 0.808. The first-order valence-corrected chi connectivity index (χ1v) is 5.40. The lowest BCUT2D eigenvalue weighted by molar-refractivity contribution is -0.0357. The Morgan fingerprint density at radius 1 is 1.40 bits per heavy atom. The van der Waals surface area contributed by atoms with Crippen molar-refractivity contribution in [3.63, 3.8) is 0 Å². The maximum Gasteiger partial charge on any atom is 0.107 e. The van der Waals surface area contributed by atoms with E-state index in [1.807, 2.05) is 26.8 Å². The molecular weight excluding hydrogens is 190 g/mol. The highest BCUT2D eigenvalue weighted by molar-refractivity contribution is 5.19. The number of aliphatic hydroxyl groups excluding tert-OH is 1. The topological polar surface area (TPSA) is 42.4 Å². The summed E-state index contributed by atoms with van der Waals surface area (Å²) in [5.41, 5.74) is 1.88. The average molecular weight is 209 g/mol. The first-order chi connectivity index (χ1) is 7.19. The van der Waals surface area contributed by atoms with Crippen molar-refractivity contribution in [2.45, 2.75) is 39.4 Å². The zero-order valence-electron chi connectivity index (χ0n) is 9.60. The molecule has 2 atom stereocenters. The van der Waals surface area contributed by atoms with Crippen molar-refractivity contribution >= 4 is 0 Å². The summed E-state index contributed by atoms with van der Waals surface area (Å²) in [7, 11) is 0. The van der Waals surface area contributed by atoms with E-state index in [0.717, 1.165) is 17.5 Å². The lowest BCUT2D eigenvalue weighted by atomic mass is 10.0. The van der Waals surface area contributed by atoms with Crippen LogP contribution >= 0.6 is 0 Å². The fourth-order valence-corrected chi connectivity index (χ4v) is 1.60. The molecular formula is C12H19NO2. The van der Waals surface area contributed by atoms with E-state index in [0.29, 0.717) is 6.61 Å². The molecule has 0 fully saturated rings. The number of hydrogen-bond acceptors (Lipinski definition) is 3. The Morgan fingerprint density at radius 3 is 2.67 bits per heavy atom. The average Bonchev–Trinajstić information content (AvgIpc) is 2.25. The number of aromatic nitrogens is 1. The van der Waals surface area contributed by atoms with Crippen molar-refractivity contribution in [3.05, 3.63) is 29.6 Å². The summed E-state index contributed by atoms with van der Waals surface area (Å²) in [4.78, 5) is 4.07. The van der Waals surface area contributed by atoms with Crippen molar-refractivity contribution in [3.8, 4) is 0 Å². The molecule has 0 aliphatic rings. The van der Waals surface area contributed by atoms with Crippen LogP contribution in [0, 0.1) is 6.92 Å². The number of pyridine rings is 1. The minimum absolute atomic E-state index is 0.140. The first-order valence-electron chi connectivity index (χ1n) is 5.40. The zero-order chi connectivity index (χ0) is 11.3. The summed E-state index contributed by atoms with van der Waals surface area (Å²) in [6.45, 7) is 6.52. The molecule has 1 N–H and O–H groups in total. The van der Waals surface area contributed by atoms with Crippen LogP contribution in [0.15, 0.2) is 18.5 Å². The molecule has 0 saturated heterocycles. The van der Waals surface area contributed by atoms with Crippen molar-refractivity contribution in [1.29, 1.82) is 0 Å². The molecule has 0 amide bonds. The number of hydrogen-bond donors (Lipinski definition) is 1. The summed E-state index contributed by atoms with van der Waals surface area (Å²) >= 11 is 0. The van der Waals surface area contributed by atoms with Crippen molar-refractivity contribution in [2.24, 2.45) is 0 Å². The van der Waals surface area contributed by atoms with Crippen LogP contribution in [0.4, 0.5) is 0 Å². The standard InChI is InChI=1S/C12H19NO2/c1-4-11(15-5-2)12(14)10-6-9(3)7-13-8-10/h6-8,11-12,14H,4-5H2,1-3H3. The molecule has 0 radical (unpaired) electrons. The van der Waals surface area contributed by atoms with Gasteiger partial charge in [-0.3, -0.25) is 4.98 Å². The van der Waals surface area contributed by atoms with E-state index < -0.39 is 6.10 Å².